The van der Waals surface area contributed by atoms with Crippen molar-refractivity contribution in [2.45, 2.75) is 57.5 Å². The Kier molecular flexibility index (Phi) is 8.19. The summed E-state index contributed by atoms with van der Waals surface area (Å²) < 4.78 is 84.8. The molecular formula is C26H29F6NO2. The van der Waals surface area contributed by atoms with Gasteiger partial charge in [0.1, 0.15) is 0 Å². The van der Waals surface area contributed by atoms with Gasteiger partial charge in [-0.25, -0.2) is 0 Å². The molecule has 0 aromatic heterocycles. The predicted molar refractivity (Wildman–Crippen MR) is 119 cm³/mol. The second-order valence-corrected chi connectivity index (χ2v) is 9.53. The number of hydrogen-bond acceptors (Lipinski definition) is 2. The van der Waals surface area contributed by atoms with Crippen molar-refractivity contribution in [2.24, 2.45) is 5.92 Å². The molecule has 1 aliphatic heterocycles. The zero-order valence-electron chi connectivity index (χ0n) is 19.7. The summed E-state index contributed by atoms with van der Waals surface area (Å²) in [6, 6.07) is 11.0. The number of likely N-dealkylation sites (tertiary alicyclic amines) is 1. The topological polar surface area (TPSA) is 29.5 Å². The van der Waals surface area contributed by atoms with Crippen LogP contribution in [0.5, 0.6) is 0 Å². The lowest BCUT2D eigenvalue weighted by atomic mass is 9.73. The minimum atomic E-state index is -4.91. The summed E-state index contributed by atoms with van der Waals surface area (Å²) >= 11 is 0. The molecule has 0 bridgehead atoms. The summed E-state index contributed by atoms with van der Waals surface area (Å²) in [5.41, 5.74) is -2.44. The van der Waals surface area contributed by atoms with E-state index in [1.807, 2.05) is 49.1 Å². The number of amides is 1. The maximum atomic E-state index is 13.2. The Balaban J connectivity index is 1.77. The summed E-state index contributed by atoms with van der Waals surface area (Å²) in [6.07, 6.45) is -8.20. The molecule has 0 unspecified atom stereocenters. The normalized spacial score (nSPS) is 16.5. The van der Waals surface area contributed by atoms with Crippen molar-refractivity contribution in [3.63, 3.8) is 0 Å². The van der Waals surface area contributed by atoms with Crippen LogP contribution in [0.3, 0.4) is 0 Å². The summed E-state index contributed by atoms with van der Waals surface area (Å²) in [6.45, 7) is 4.68. The molecule has 0 spiro atoms. The average Bonchev–Trinajstić information content (AvgIpc) is 2.78. The molecule has 1 saturated heterocycles. The van der Waals surface area contributed by atoms with Gasteiger partial charge in [0, 0.05) is 24.9 Å². The third kappa shape index (κ3) is 6.99. The molecule has 3 rings (SSSR count). The molecule has 0 radical (unpaired) electrons. The molecule has 0 N–H and O–H groups in total. The molecule has 0 atom stereocenters. The number of hydrogen-bond donors (Lipinski definition) is 0. The third-order valence-corrected chi connectivity index (χ3v) is 6.34. The van der Waals surface area contributed by atoms with E-state index >= 15 is 0 Å². The zero-order valence-corrected chi connectivity index (χ0v) is 19.7. The van der Waals surface area contributed by atoms with Gasteiger partial charge >= 0.3 is 12.4 Å². The fraction of sp³-hybridized carbons (Fsp3) is 0.500. The van der Waals surface area contributed by atoms with E-state index in [2.05, 4.69) is 0 Å². The number of carbonyl (C=O) groups excluding carboxylic acids is 1. The smallest absolute Gasteiger partial charge is 0.376 e. The molecule has 0 saturated carbocycles. The van der Waals surface area contributed by atoms with E-state index in [9.17, 15) is 31.1 Å². The molecule has 1 aliphatic rings. The van der Waals surface area contributed by atoms with E-state index in [1.54, 1.807) is 0 Å². The van der Waals surface area contributed by atoms with Crippen LogP contribution >= 0.6 is 0 Å². The van der Waals surface area contributed by atoms with Crippen molar-refractivity contribution < 1.29 is 35.9 Å². The summed E-state index contributed by atoms with van der Waals surface area (Å²) in [5, 5.41) is 0. The van der Waals surface area contributed by atoms with Gasteiger partial charge in [0.15, 0.2) is 0 Å². The van der Waals surface area contributed by atoms with Gasteiger partial charge in [0.2, 0.25) is 5.91 Å². The third-order valence-electron chi connectivity index (χ3n) is 6.34. The zero-order chi connectivity index (χ0) is 25.9. The van der Waals surface area contributed by atoms with Gasteiger partial charge in [-0.2, -0.15) is 26.3 Å². The minimum Gasteiger partial charge on any atom is -0.376 e. The van der Waals surface area contributed by atoms with Crippen LogP contribution in [0.15, 0.2) is 48.5 Å². The van der Waals surface area contributed by atoms with E-state index in [4.69, 9.17) is 4.74 Å². The number of nitrogens with zero attached hydrogens (tertiary/aromatic N) is 1. The number of benzene rings is 2. The number of carbonyl (C=O) groups is 1. The van der Waals surface area contributed by atoms with Crippen molar-refractivity contribution in [1.29, 1.82) is 0 Å². The highest BCUT2D eigenvalue weighted by Gasteiger charge is 2.39. The molecular weight excluding hydrogens is 472 g/mol. The van der Waals surface area contributed by atoms with Gasteiger partial charge < -0.3 is 9.64 Å². The Hall–Kier alpha value is -2.55. The first kappa shape index (κ1) is 27.0. The van der Waals surface area contributed by atoms with Crippen LogP contribution in [0.1, 0.15) is 55.4 Å². The Labute approximate surface area is 201 Å². The van der Waals surface area contributed by atoms with Crippen molar-refractivity contribution in [3.8, 4) is 0 Å². The van der Waals surface area contributed by atoms with Crippen LogP contribution in [0.4, 0.5) is 26.3 Å². The van der Waals surface area contributed by atoms with E-state index in [1.165, 1.54) is 0 Å². The highest BCUT2D eigenvalue weighted by molar-refractivity contribution is 5.76. The molecule has 2 aromatic rings. The number of alkyl halides is 6. The highest BCUT2D eigenvalue weighted by atomic mass is 19.4. The molecule has 35 heavy (non-hydrogen) atoms. The van der Waals surface area contributed by atoms with Crippen LogP contribution in [0, 0.1) is 5.92 Å². The Morgan fingerprint density at radius 1 is 0.943 bits per heavy atom. The van der Waals surface area contributed by atoms with Crippen LogP contribution in [0.2, 0.25) is 0 Å². The van der Waals surface area contributed by atoms with Gasteiger partial charge in [-0.1, -0.05) is 44.2 Å². The largest absolute Gasteiger partial charge is 0.416 e. The Bertz CT molecular complexity index is 961. The highest BCUT2D eigenvalue weighted by Crippen LogP contribution is 2.38. The number of piperidine rings is 1. The van der Waals surface area contributed by atoms with Gasteiger partial charge in [-0.05, 0) is 48.1 Å². The van der Waals surface area contributed by atoms with Crippen LogP contribution in [0.25, 0.3) is 0 Å². The molecule has 1 heterocycles. The standard InChI is InChI=1S/C26H29F6NO2/c1-18(2)12-23(34)33-10-8-24(9-11-33,20-6-4-3-5-7-20)17-35-16-19-13-21(25(27,28)29)15-22(14-19)26(30,31)32/h3-7,13-15,18H,8-12,16-17H2,1-2H3. The predicted octanol–water partition coefficient (Wildman–Crippen LogP) is 6.85. The number of ether oxygens (including phenoxy) is 1. The molecule has 192 valence electrons. The van der Waals surface area contributed by atoms with Gasteiger partial charge in [0.05, 0.1) is 24.3 Å². The molecule has 0 aliphatic carbocycles. The lowest BCUT2D eigenvalue weighted by Gasteiger charge is -2.42. The molecule has 2 aromatic carbocycles. The minimum absolute atomic E-state index is 0.0752. The van der Waals surface area contributed by atoms with E-state index in [0.717, 1.165) is 5.56 Å². The van der Waals surface area contributed by atoms with Crippen molar-refractivity contribution in [2.75, 3.05) is 19.7 Å². The van der Waals surface area contributed by atoms with E-state index in [0.29, 0.717) is 44.5 Å². The molecule has 1 fully saturated rings. The fourth-order valence-corrected chi connectivity index (χ4v) is 4.44. The van der Waals surface area contributed by atoms with Crippen molar-refractivity contribution in [1.82, 2.24) is 4.90 Å². The van der Waals surface area contributed by atoms with Crippen LogP contribution in [-0.2, 0) is 33.9 Å². The number of halogens is 6. The summed E-state index contributed by atoms with van der Waals surface area (Å²) in [7, 11) is 0. The maximum Gasteiger partial charge on any atom is 0.416 e. The lowest BCUT2D eigenvalue weighted by molar-refractivity contribution is -0.143. The van der Waals surface area contributed by atoms with Gasteiger partial charge in [0.25, 0.3) is 0 Å². The molecule has 9 heteroatoms. The summed E-state index contributed by atoms with van der Waals surface area (Å²) in [4.78, 5) is 14.3. The fourth-order valence-electron chi connectivity index (χ4n) is 4.44. The maximum absolute atomic E-state index is 13.2. The van der Waals surface area contributed by atoms with E-state index in [-0.39, 0.29) is 30.1 Å². The van der Waals surface area contributed by atoms with Crippen LogP contribution < -0.4 is 0 Å². The Morgan fingerprint density at radius 3 is 1.97 bits per heavy atom. The first-order chi connectivity index (χ1) is 16.3. The lowest BCUT2D eigenvalue weighted by Crippen LogP contribution is -2.47. The first-order valence-corrected chi connectivity index (χ1v) is 11.5. The molecule has 1 amide bonds. The molecule has 3 nitrogen and oxygen atoms in total. The Morgan fingerprint density at radius 2 is 1.49 bits per heavy atom. The summed E-state index contributed by atoms with van der Waals surface area (Å²) in [5.74, 6) is 0.312. The van der Waals surface area contributed by atoms with E-state index < -0.39 is 35.5 Å². The van der Waals surface area contributed by atoms with Gasteiger partial charge in [-0.3, -0.25) is 4.79 Å². The number of rotatable bonds is 7. The van der Waals surface area contributed by atoms with Gasteiger partial charge in [-0.15, -0.1) is 0 Å². The first-order valence-electron chi connectivity index (χ1n) is 11.5. The van der Waals surface area contributed by atoms with Crippen molar-refractivity contribution in [3.05, 3.63) is 70.8 Å². The second kappa shape index (κ2) is 10.6. The van der Waals surface area contributed by atoms with Crippen molar-refractivity contribution >= 4 is 5.91 Å². The van der Waals surface area contributed by atoms with Crippen LogP contribution in [-0.4, -0.2) is 30.5 Å². The monoisotopic (exact) mass is 501 g/mol. The SMILES string of the molecule is CC(C)CC(=O)N1CCC(COCc2cc(C(F)(F)F)cc(C(F)(F)F)c2)(c2ccccc2)CC1. The quantitative estimate of drug-likeness (QED) is 0.389. The average molecular weight is 502 g/mol. The second-order valence-electron chi connectivity index (χ2n) is 9.53.